The molecule has 1 aliphatic heterocycles. The summed E-state index contributed by atoms with van der Waals surface area (Å²) in [4.78, 5) is 26.8. The van der Waals surface area contributed by atoms with E-state index in [1.54, 1.807) is 26.0 Å². The number of aromatic nitrogens is 1. The molecule has 0 saturated carbocycles. The van der Waals surface area contributed by atoms with Crippen LogP contribution in [0.5, 0.6) is 0 Å². The minimum absolute atomic E-state index is 0.0147. The van der Waals surface area contributed by atoms with Crippen LogP contribution >= 0.6 is 11.8 Å². The van der Waals surface area contributed by atoms with Crippen molar-refractivity contribution in [1.82, 2.24) is 10.1 Å². The predicted octanol–water partition coefficient (Wildman–Crippen LogP) is 3.42. The van der Waals surface area contributed by atoms with Crippen molar-refractivity contribution in [1.29, 1.82) is 0 Å². The molecular weight excluding hydrogens is 381 g/mol. The summed E-state index contributed by atoms with van der Waals surface area (Å²) in [6.07, 6.45) is 2.50. The monoisotopic (exact) mass is 405 g/mol. The highest BCUT2D eigenvalue weighted by Crippen LogP contribution is 2.24. The molecule has 0 spiro atoms. The summed E-state index contributed by atoms with van der Waals surface area (Å²) in [5.74, 6) is 0.752. The number of halogens is 1. The van der Waals surface area contributed by atoms with Crippen molar-refractivity contribution in [3.05, 3.63) is 47.5 Å². The normalized spacial score (nSPS) is 17.5. The van der Waals surface area contributed by atoms with Crippen LogP contribution in [0.2, 0.25) is 0 Å². The van der Waals surface area contributed by atoms with E-state index in [1.807, 2.05) is 11.0 Å². The number of likely N-dealkylation sites (tertiary alicyclic amines) is 1. The first-order valence-electron chi connectivity index (χ1n) is 9.32. The number of nitrogens with zero attached hydrogens (tertiary/aromatic N) is 2. The number of benzene rings is 1. The second-order valence-corrected chi connectivity index (χ2v) is 8.31. The molecule has 2 amide bonds. The summed E-state index contributed by atoms with van der Waals surface area (Å²) in [6.45, 7) is 4.21. The summed E-state index contributed by atoms with van der Waals surface area (Å²) >= 11 is 1.29. The van der Waals surface area contributed by atoms with Crippen molar-refractivity contribution in [3.63, 3.8) is 0 Å². The Balaban J connectivity index is 1.49. The van der Waals surface area contributed by atoms with Gasteiger partial charge in [0.2, 0.25) is 11.8 Å². The number of rotatable bonds is 7. The maximum Gasteiger partial charge on any atom is 0.238 e. The molecule has 0 radical (unpaired) electrons. The highest BCUT2D eigenvalue weighted by Gasteiger charge is 2.29. The smallest absolute Gasteiger partial charge is 0.238 e. The molecular formula is C20H24FN3O3S. The number of anilines is 1. The van der Waals surface area contributed by atoms with E-state index < -0.39 is 5.25 Å². The second-order valence-electron chi connectivity index (χ2n) is 6.98. The molecule has 28 heavy (non-hydrogen) atoms. The number of nitrogens with one attached hydrogen (secondary N) is 1. The van der Waals surface area contributed by atoms with Gasteiger partial charge in [-0.3, -0.25) is 9.59 Å². The second kappa shape index (κ2) is 9.23. The Kier molecular flexibility index (Phi) is 6.72. The van der Waals surface area contributed by atoms with Gasteiger partial charge in [-0.15, -0.1) is 11.8 Å². The van der Waals surface area contributed by atoms with Crippen LogP contribution < -0.4 is 5.32 Å². The zero-order valence-corrected chi connectivity index (χ0v) is 16.8. The quantitative estimate of drug-likeness (QED) is 0.764. The van der Waals surface area contributed by atoms with Gasteiger partial charge in [-0.2, -0.15) is 0 Å². The van der Waals surface area contributed by atoms with Crippen molar-refractivity contribution in [2.45, 2.75) is 44.4 Å². The zero-order valence-electron chi connectivity index (χ0n) is 16.0. The highest BCUT2D eigenvalue weighted by molar-refractivity contribution is 8.01. The molecule has 0 aliphatic carbocycles. The van der Waals surface area contributed by atoms with Crippen LogP contribution in [0, 0.1) is 12.7 Å². The van der Waals surface area contributed by atoms with Crippen LogP contribution in [0.15, 0.2) is 34.9 Å². The van der Waals surface area contributed by atoms with Gasteiger partial charge in [0.15, 0.2) is 5.82 Å². The summed E-state index contributed by atoms with van der Waals surface area (Å²) in [5, 5.41) is 6.01. The summed E-state index contributed by atoms with van der Waals surface area (Å²) in [5.41, 5.74) is 0.896. The third kappa shape index (κ3) is 5.34. The maximum atomic E-state index is 13.4. The molecule has 0 bridgehead atoms. The van der Waals surface area contributed by atoms with Gasteiger partial charge in [0.05, 0.1) is 11.0 Å². The van der Waals surface area contributed by atoms with Crippen molar-refractivity contribution in [3.8, 4) is 0 Å². The lowest BCUT2D eigenvalue weighted by Crippen LogP contribution is -2.38. The highest BCUT2D eigenvalue weighted by atomic mass is 32.2. The molecule has 3 rings (SSSR count). The Labute approximate surface area is 167 Å². The molecule has 2 heterocycles. The number of hydrogen-bond donors (Lipinski definition) is 1. The van der Waals surface area contributed by atoms with Gasteiger partial charge in [-0.25, -0.2) is 4.39 Å². The molecule has 2 atom stereocenters. The number of aryl methyl sites for hydroxylation is 1. The van der Waals surface area contributed by atoms with E-state index in [0.29, 0.717) is 24.5 Å². The average Bonchev–Trinajstić information content (AvgIpc) is 3.28. The maximum absolute atomic E-state index is 13.4. The molecule has 1 saturated heterocycles. The van der Waals surface area contributed by atoms with Crippen molar-refractivity contribution < 1.29 is 18.5 Å². The van der Waals surface area contributed by atoms with E-state index in [9.17, 15) is 14.0 Å². The SMILES string of the molecule is Cc1cc(NC(=O)C(C)SCC(=O)N2CCCC2Cc2cccc(F)c2)no1. The van der Waals surface area contributed by atoms with Gasteiger partial charge >= 0.3 is 0 Å². The van der Waals surface area contributed by atoms with Gasteiger partial charge in [0, 0.05) is 18.7 Å². The molecule has 1 fully saturated rings. The summed E-state index contributed by atoms with van der Waals surface area (Å²) in [7, 11) is 0. The van der Waals surface area contributed by atoms with E-state index in [-0.39, 0.29) is 29.4 Å². The van der Waals surface area contributed by atoms with Gasteiger partial charge < -0.3 is 14.7 Å². The summed E-state index contributed by atoms with van der Waals surface area (Å²) in [6, 6.07) is 8.24. The lowest BCUT2D eigenvalue weighted by molar-refractivity contribution is -0.129. The van der Waals surface area contributed by atoms with Crippen LogP contribution in [0.3, 0.4) is 0 Å². The first-order valence-corrected chi connectivity index (χ1v) is 10.4. The van der Waals surface area contributed by atoms with E-state index in [1.165, 1.54) is 23.9 Å². The van der Waals surface area contributed by atoms with Crippen molar-refractivity contribution in [2.75, 3.05) is 17.6 Å². The number of amides is 2. The molecule has 8 heteroatoms. The topological polar surface area (TPSA) is 75.4 Å². The molecule has 1 aromatic heterocycles. The lowest BCUT2D eigenvalue weighted by Gasteiger charge is -2.25. The minimum Gasteiger partial charge on any atom is -0.360 e. The van der Waals surface area contributed by atoms with Crippen molar-refractivity contribution >= 4 is 29.4 Å². The van der Waals surface area contributed by atoms with Crippen molar-refractivity contribution in [2.24, 2.45) is 0 Å². The standard InChI is InChI=1S/C20H24FN3O3S/c1-13-9-18(23-27-13)22-20(26)14(2)28-12-19(25)24-8-4-7-17(24)11-15-5-3-6-16(21)10-15/h3,5-6,9-10,14,17H,4,7-8,11-12H2,1-2H3,(H,22,23,26). The minimum atomic E-state index is -0.398. The Hall–Kier alpha value is -2.35. The average molecular weight is 405 g/mol. The Bertz CT molecular complexity index is 842. The fourth-order valence-corrected chi connectivity index (χ4v) is 4.09. The molecule has 1 aromatic carbocycles. The fraction of sp³-hybridized carbons (Fsp3) is 0.450. The largest absolute Gasteiger partial charge is 0.360 e. The van der Waals surface area contributed by atoms with E-state index in [4.69, 9.17) is 4.52 Å². The third-order valence-corrected chi connectivity index (χ3v) is 5.89. The van der Waals surface area contributed by atoms with Crippen LogP contribution in [-0.4, -0.2) is 45.5 Å². The van der Waals surface area contributed by atoms with Gasteiger partial charge in [0.25, 0.3) is 0 Å². The molecule has 150 valence electrons. The van der Waals surface area contributed by atoms with E-state index >= 15 is 0 Å². The summed E-state index contributed by atoms with van der Waals surface area (Å²) < 4.78 is 18.3. The van der Waals surface area contributed by atoms with Crippen LogP contribution in [0.1, 0.15) is 31.1 Å². The van der Waals surface area contributed by atoms with E-state index in [2.05, 4.69) is 10.5 Å². The first-order chi connectivity index (χ1) is 13.4. The van der Waals surface area contributed by atoms with Gasteiger partial charge in [-0.05, 0) is 50.8 Å². The van der Waals surface area contributed by atoms with Crippen LogP contribution in [0.4, 0.5) is 10.2 Å². The number of hydrogen-bond acceptors (Lipinski definition) is 5. The molecule has 2 unspecified atom stereocenters. The van der Waals surface area contributed by atoms with Gasteiger partial charge in [0.1, 0.15) is 11.6 Å². The van der Waals surface area contributed by atoms with Crippen LogP contribution in [-0.2, 0) is 16.0 Å². The first kappa shape index (κ1) is 20.4. The Morgan fingerprint density at radius 1 is 1.43 bits per heavy atom. The Morgan fingerprint density at radius 2 is 2.25 bits per heavy atom. The number of carbonyl (C=O) groups excluding carboxylic acids is 2. The molecule has 2 aromatic rings. The number of carbonyl (C=O) groups is 2. The third-order valence-electron chi connectivity index (χ3n) is 4.76. The molecule has 6 nitrogen and oxygen atoms in total. The lowest BCUT2D eigenvalue weighted by atomic mass is 10.0. The molecule has 1 aliphatic rings. The zero-order chi connectivity index (χ0) is 20.1. The number of thioether (sulfide) groups is 1. The van der Waals surface area contributed by atoms with Gasteiger partial charge in [-0.1, -0.05) is 17.3 Å². The molecule has 1 N–H and O–H groups in total. The fourth-order valence-electron chi connectivity index (χ4n) is 3.32. The Morgan fingerprint density at radius 3 is 2.96 bits per heavy atom. The predicted molar refractivity (Wildman–Crippen MR) is 107 cm³/mol. The van der Waals surface area contributed by atoms with E-state index in [0.717, 1.165) is 18.4 Å². The van der Waals surface area contributed by atoms with Crippen LogP contribution in [0.25, 0.3) is 0 Å².